The summed E-state index contributed by atoms with van der Waals surface area (Å²) in [4.78, 5) is 7.36. The Balaban J connectivity index is 1.14. The van der Waals surface area contributed by atoms with Crippen LogP contribution in [0.4, 0.5) is 17.1 Å². The topological polar surface area (TPSA) is 42.4 Å². The number of benzene rings is 8. The van der Waals surface area contributed by atoms with Crippen molar-refractivity contribution in [3.8, 4) is 33.7 Å². The van der Waals surface area contributed by atoms with Gasteiger partial charge >= 0.3 is 0 Å². The van der Waals surface area contributed by atoms with E-state index in [1.807, 2.05) is 59.9 Å². The van der Waals surface area contributed by atoms with Gasteiger partial charge in [0.05, 0.1) is 11.1 Å². The largest absolute Gasteiger partial charge is 0.454 e. The summed E-state index contributed by atoms with van der Waals surface area (Å²) in [6, 6.07) is 63.7. The van der Waals surface area contributed by atoms with E-state index in [1.165, 1.54) is 31.3 Å². The molecule has 0 spiro atoms. The minimum absolute atomic E-state index is 0.576. The lowest BCUT2D eigenvalue weighted by atomic mass is 10.0. The maximum absolute atomic E-state index is 6.79. The van der Waals surface area contributed by atoms with Gasteiger partial charge in [0, 0.05) is 48.6 Å². The van der Waals surface area contributed by atoms with Crippen LogP contribution in [0, 0.1) is 0 Å². The monoisotopic (exact) mass is 710 g/mol. The Bertz CT molecular complexity index is 3160. The van der Waals surface area contributed by atoms with E-state index >= 15 is 0 Å². The second-order valence-electron chi connectivity index (χ2n) is 13.5. The molecule has 3 heterocycles. The van der Waals surface area contributed by atoms with Crippen molar-refractivity contribution in [1.29, 1.82) is 0 Å². The molecule has 0 aliphatic rings. The summed E-state index contributed by atoms with van der Waals surface area (Å²) < 4.78 is 16.0. The predicted molar refractivity (Wildman–Crippen MR) is 225 cm³/mol. The molecule has 11 rings (SSSR count). The summed E-state index contributed by atoms with van der Waals surface area (Å²) in [5, 5.41) is 4.52. The Morgan fingerprint density at radius 1 is 0.463 bits per heavy atom. The number of furan rings is 1. The summed E-state index contributed by atoms with van der Waals surface area (Å²) in [5.41, 5.74) is 11.5. The Hall–Kier alpha value is -6.95. The van der Waals surface area contributed by atoms with Gasteiger partial charge in [0.2, 0.25) is 5.89 Å². The van der Waals surface area contributed by atoms with Gasteiger partial charge in [-0.1, -0.05) is 127 Å². The maximum Gasteiger partial charge on any atom is 0.227 e. The van der Waals surface area contributed by atoms with E-state index in [4.69, 9.17) is 13.8 Å². The van der Waals surface area contributed by atoms with Gasteiger partial charge in [-0.2, -0.15) is 0 Å². The fourth-order valence-corrected chi connectivity index (χ4v) is 9.02. The van der Waals surface area contributed by atoms with Crippen molar-refractivity contribution < 1.29 is 8.83 Å². The van der Waals surface area contributed by atoms with E-state index in [0.717, 1.165) is 61.2 Å². The van der Waals surface area contributed by atoms with Gasteiger partial charge < -0.3 is 13.7 Å². The van der Waals surface area contributed by atoms with E-state index in [2.05, 4.69) is 138 Å². The molecule has 0 bridgehead atoms. The molecule has 3 aromatic heterocycles. The van der Waals surface area contributed by atoms with Crippen LogP contribution in [0.25, 0.3) is 86.9 Å². The Morgan fingerprint density at radius 3 is 1.98 bits per heavy atom. The van der Waals surface area contributed by atoms with Crippen LogP contribution in [-0.2, 0) is 0 Å². The number of anilines is 3. The van der Waals surface area contributed by atoms with Crippen molar-refractivity contribution in [3.05, 3.63) is 182 Å². The highest BCUT2D eigenvalue weighted by Crippen LogP contribution is 2.47. The molecule has 254 valence electrons. The van der Waals surface area contributed by atoms with Crippen LogP contribution in [0.5, 0.6) is 0 Å². The van der Waals surface area contributed by atoms with Crippen molar-refractivity contribution in [2.75, 3.05) is 4.90 Å². The molecule has 0 unspecified atom stereocenters. The first kappa shape index (κ1) is 30.7. The second kappa shape index (κ2) is 12.3. The molecule has 0 N–H and O–H groups in total. The summed E-state index contributed by atoms with van der Waals surface area (Å²) in [6.45, 7) is 0. The summed E-state index contributed by atoms with van der Waals surface area (Å²) in [7, 11) is 0. The third-order valence-electron chi connectivity index (χ3n) is 10.3. The fraction of sp³-hybridized carbons (Fsp3) is 0. The molecule has 0 atom stereocenters. The number of hydrogen-bond donors (Lipinski definition) is 0. The van der Waals surface area contributed by atoms with Crippen molar-refractivity contribution >= 4 is 81.6 Å². The fourth-order valence-electron chi connectivity index (χ4n) is 7.78. The second-order valence-corrected chi connectivity index (χ2v) is 14.6. The molecule has 0 radical (unpaired) electrons. The smallest absolute Gasteiger partial charge is 0.227 e. The molecule has 11 aromatic rings. The van der Waals surface area contributed by atoms with E-state index in [0.29, 0.717) is 11.5 Å². The SMILES string of the molecule is c1ccc(-c2cccc(N(c3ccc(-c4cccc5c4sc4ccccc45)cc3)c3cc4oc(-c5ccccc5)nc4c4c3oc3ccccc34)c2)cc1. The van der Waals surface area contributed by atoms with Crippen molar-refractivity contribution in [1.82, 2.24) is 4.98 Å². The molecule has 5 heteroatoms. The lowest BCUT2D eigenvalue weighted by Gasteiger charge is -2.26. The molecule has 0 aliphatic carbocycles. The quantitative estimate of drug-likeness (QED) is 0.172. The number of nitrogens with zero attached hydrogens (tertiary/aromatic N) is 2. The van der Waals surface area contributed by atoms with Crippen LogP contribution in [-0.4, -0.2) is 4.98 Å². The van der Waals surface area contributed by atoms with Crippen molar-refractivity contribution in [2.45, 2.75) is 0 Å². The van der Waals surface area contributed by atoms with Gasteiger partial charge in [0.1, 0.15) is 11.1 Å². The van der Waals surface area contributed by atoms with Gasteiger partial charge in [-0.15, -0.1) is 11.3 Å². The molecular weight excluding hydrogens is 681 g/mol. The third kappa shape index (κ3) is 4.94. The Morgan fingerprint density at radius 2 is 1.15 bits per heavy atom. The van der Waals surface area contributed by atoms with E-state index in [-0.39, 0.29) is 0 Å². The van der Waals surface area contributed by atoms with Gasteiger partial charge in [0.15, 0.2) is 11.2 Å². The number of thiophene rings is 1. The summed E-state index contributed by atoms with van der Waals surface area (Å²) in [5.74, 6) is 0.576. The van der Waals surface area contributed by atoms with E-state index in [1.54, 1.807) is 0 Å². The van der Waals surface area contributed by atoms with E-state index in [9.17, 15) is 0 Å². The lowest BCUT2D eigenvalue weighted by molar-refractivity contribution is 0.619. The zero-order valence-electron chi connectivity index (χ0n) is 28.9. The molecule has 0 amide bonds. The van der Waals surface area contributed by atoms with Crippen LogP contribution in [0.15, 0.2) is 191 Å². The highest BCUT2D eigenvalue weighted by molar-refractivity contribution is 7.26. The van der Waals surface area contributed by atoms with Crippen LogP contribution in [0.3, 0.4) is 0 Å². The minimum Gasteiger partial charge on any atom is -0.454 e. The molecule has 0 saturated heterocycles. The van der Waals surface area contributed by atoms with Crippen LogP contribution in [0.1, 0.15) is 0 Å². The van der Waals surface area contributed by atoms with Gasteiger partial charge in [-0.3, -0.25) is 0 Å². The number of fused-ring (bicyclic) bond motifs is 8. The highest BCUT2D eigenvalue weighted by atomic mass is 32.1. The van der Waals surface area contributed by atoms with Crippen molar-refractivity contribution in [2.24, 2.45) is 0 Å². The average Bonchev–Trinajstić information content (AvgIpc) is 3.96. The maximum atomic E-state index is 6.79. The molecule has 4 nitrogen and oxygen atoms in total. The zero-order chi connectivity index (χ0) is 35.6. The first-order chi connectivity index (χ1) is 26.8. The molecule has 8 aromatic carbocycles. The van der Waals surface area contributed by atoms with Crippen LogP contribution in [0.2, 0.25) is 0 Å². The van der Waals surface area contributed by atoms with Gasteiger partial charge in [0.25, 0.3) is 0 Å². The average molecular weight is 711 g/mol. The highest BCUT2D eigenvalue weighted by Gasteiger charge is 2.25. The van der Waals surface area contributed by atoms with Gasteiger partial charge in [-0.05, 0) is 70.8 Å². The number of para-hydroxylation sites is 1. The normalized spacial score (nSPS) is 11.7. The Kier molecular flexibility index (Phi) is 7.00. The third-order valence-corrected chi connectivity index (χ3v) is 11.5. The minimum atomic E-state index is 0.576. The first-order valence-electron chi connectivity index (χ1n) is 18.0. The number of rotatable bonds is 6. The predicted octanol–water partition coefficient (Wildman–Crippen LogP) is 14.6. The summed E-state index contributed by atoms with van der Waals surface area (Å²) >= 11 is 1.85. The van der Waals surface area contributed by atoms with E-state index < -0.39 is 0 Å². The van der Waals surface area contributed by atoms with Crippen molar-refractivity contribution in [3.63, 3.8) is 0 Å². The molecular formula is C49H30N2O2S. The number of hydrogen-bond acceptors (Lipinski definition) is 5. The molecule has 0 saturated carbocycles. The first-order valence-corrected chi connectivity index (χ1v) is 18.8. The van der Waals surface area contributed by atoms with Gasteiger partial charge in [-0.25, -0.2) is 4.98 Å². The molecule has 0 fully saturated rings. The van der Waals surface area contributed by atoms with Crippen LogP contribution < -0.4 is 4.90 Å². The number of aromatic nitrogens is 1. The molecule has 0 aliphatic heterocycles. The number of oxazole rings is 1. The van der Waals surface area contributed by atoms with Crippen LogP contribution >= 0.6 is 11.3 Å². The lowest BCUT2D eigenvalue weighted by Crippen LogP contribution is -2.10. The zero-order valence-corrected chi connectivity index (χ0v) is 29.8. The summed E-state index contributed by atoms with van der Waals surface area (Å²) in [6.07, 6.45) is 0. The Labute approximate surface area is 314 Å². The molecule has 54 heavy (non-hydrogen) atoms. The standard InChI is InChI=1S/C49H30N2O2S/c1-3-13-31(14-4-1)34-17-11-18-36(29-34)51(35-27-25-32(26-28-35)37-21-12-22-39-38-19-8-10-24-44(38)54-48(37)39)41-30-43-46(50-49(53-43)33-15-5-2-6-16-33)45-40-20-7-9-23-42(40)52-47(41)45/h1-30H.